The van der Waals surface area contributed by atoms with Gasteiger partial charge in [-0.05, 0) is 34.6 Å². The molecule has 0 saturated heterocycles. The second-order valence-electron chi connectivity index (χ2n) is 4.29. The van der Waals surface area contributed by atoms with Gasteiger partial charge in [-0.15, -0.1) is 11.3 Å². The van der Waals surface area contributed by atoms with Gasteiger partial charge in [0.15, 0.2) is 0 Å². The molecule has 0 saturated carbocycles. The predicted octanol–water partition coefficient (Wildman–Crippen LogP) is 3.81. The average Bonchev–Trinajstić information content (AvgIpc) is 2.92. The standard InChI is InChI=1S/C15H12O2S/c1-2-9-3-4-10-12(7-9)13(8-14(16)17)11-5-6-18-15(10)11/h3-8H,2H2,1H3,(H,16,17)/b13-8-. The van der Waals surface area contributed by atoms with E-state index in [1.165, 1.54) is 16.5 Å². The van der Waals surface area contributed by atoms with Crippen LogP contribution in [0.25, 0.3) is 16.0 Å². The maximum Gasteiger partial charge on any atom is 0.328 e. The van der Waals surface area contributed by atoms with Crippen molar-refractivity contribution in [3.63, 3.8) is 0 Å². The number of thiophene rings is 1. The molecule has 2 aromatic rings. The van der Waals surface area contributed by atoms with Crippen LogP contribution in [0.4, 0.5) is 0 Å². The molecule has 3 heteroatoms. The number of hydrogen-bond acceptors (Lipinski definition) is 2. The fraction of sp³-hybridized carbons (Fsp3) is 0.133. The smallest absolute Gasteiger partial charge is 0.328 e. The van der Waals surface area contributed by atoms with Crippen molar-refractivity contribution in [3.05, 3.63) is 52.4 Å². The highest BCUT2D eigenvalue weighted by atomic mass is 32.1. The fourth-order valence-corrected chi connectivity index (χ4v) is 3.34. The van der Waals surface area contributed by atoms with E-state index >= 15 is 0 Å². The highest BCUT2D eigenvalue weighted by molar-refractivity contribution is 7.14. The van der Waals surface area contributed by atoms with E-state index in [1.54, 1.807) is 11.3 Å². The molecule has 1 aliphatic carbocycles. The zero-order valence-corrected chi connectivity index (χ0v) is 10.8. The van der Waals surface area contributed by atoms with E-state index in [4.69, 9.17) is 5.11 Å². The first kappa shape index (κ1) is 11.2. The van der Waals surface area contributed by atoms with Crippen molar-refractivity contribution in [2.24, 2.45) is 0 Å². The Morgan fingerprint density at radius 3 is 2.83 bits per heavy atom. The number of carboxylic acids is 1. The first-order valence-corrected chi connectivity index (χ1v) is 6.75. The summed E-state index contributed by atoms with van der Waals surface area (Å²) in [6.07, 6.45) is 2.28. The summed E-state index contributed by atoms with van der Waals surface area (Å²) in [5.41, 5.74) is 5.33. The summed E-state index contributed by atoms with van der Waals surface area (Å²) in [6.45, 7) is 2.10. The van der Waals surface area contributed by atoms with Gasteiger partial charge >= 0.3 is 5.97 Å². The van der Waals surface area contributed by atoms with E-state index in [0.29, 0.717) is 0 Å². The van der Waals surface area contributed by atoms with Gasteiger partial charge in [-0.3, -0.25) is 0 Å². The third-order valence-corrected chi connectivity index (χ3v) is 4.20. The van der Waals surface area contributed by atoms with Gasteiger partial charge in [-0.25, -0.2) is 4.79 Å². The third-order valence-electron chi connectivity index (χ3n) is 3.25. The summed E-state index contributed by atoms with van der Waals surface area (Å²) in [4.78, 5) is 12.2. The molecule has 0 bridgehead atoms. The van der Waals surface area contributed by atoms with Crippen LogP contribution in [0.2, 0.25) is 0 Å². The molecule has 0 spiro atoms. The van der Waals surface area contributed by atoms with Crippen molar-refractivity contribution in [2.45, 2.75) is 13.3 Å². The molecular weight excluding hydrogens is 244 g/mol. The van der Waals surface area contributed by atoms with Gasteiger partial charge in [0, 0.05) is 22.1 Å². The molecular formula is C15H12O2S. The van der Waals surface area contributed by atoms with Crippen molar-refractivity contribution < 1.29 is 9.90 Å². The predicted molar refractivity (Wildman–Crippen MR) is 73.8 cm³/mol. The van der Waals surface area contributed by atoms with Gasteiger partial charge in [0.2, 0.25) is 0 Å². The molecule has 0 aliphatic heterocycles. The first-order chi connectivity index (χ1) is 8.70. The van der Waals surface area contributed by atoms with E-state index in [-0.39, 0.29) is 0 Å². The summed E-state index contributed by atoms with van der Waals surface area (Å²) < 4.78 is 0. The zero-order valence-electron chi connectivity index (χ0n) is 9.93. The summed E-state index contributed by atoms with van der Waals surface area (Å²) in [7, 11) is 0. The van der Waals surface area contributed by atoms with Crippen LogP contribution in [-0.4, -0.2) is 11.1 Å². The van der Waals surface area contributed by atoms with Crippen molar-refractivity contribution in [2.75, 3.05) is 0 Å². The van der Waals surface area contributed by atoms with Crippen LogP contribution >= 0.6 is 11.3 Å². The number of aryl methyl sites for hydroxylation is 1. The molecule has 1 aromatic carbocycles. The Bertz CT molecular complexity index is 665. The Morgan fingerprint density at radius 2 is 2.11 bits per heavy atom. The summed E-state index contributed by atoms with van der Waals surface area (Å²) in [5.74, 6) is -0.892. The highest BCUT2D eigenvalue weighted by Crippen LogP contribution is 2.47. The fourth-order valence-electron chi connectivity index (χ4n) is 2.39. The number of benzene rings is 1. The molecule has 90 valence electrons. The number of carbonyl (C=O) groups is 1. The van der Waals surface area contributed by atoms with Crippen LogP contribution < -0.4 is 0 Å². The topological polar surface area (TPSA) is 37.3 Å². The quantitative estimate of drug-likeness (QED) is 0.708. The Hall–Kier alpha value is -1.87. The van der Waals surface area contributed by atoms with Crippen molar-refractivity contribution in [1.29, 1.82) is 0 Å². The SMILES string of the molecule is CCc1ccc2c(c1)/C(=C\C(=O)O)c1ccsc1-2. The van der Waals surface area contributed by atoms with Gasteiger partial charge in [0.25, 0.3) is 0 Å². The van der Waals surface area contributed by atoms with Gasteiger partial charge in [0.05, 0.1) is 0 Å². The minimum absolute atomic E-state index is 0.837. The molecule has 3 rings (SSSR count). The van der Waals surface area contributed by atoms with Crippen LogP contribution in [0.15, 0.2) is 35.7 Å². The highest BCUT2D eigenvalue weighted by Gasteiger charge is 2.25. The minimum atomic E-state index is -0.892. The Kier molecular flexibility index (Phi) is 2.56. The molecule has 0 fully saturated rings. The molecule has 0 radical (unpaired) electrons. The van der Waals surface area contributed by atoms with E-state index in [1.807, 2.05) is 11.4 Å². The van der Waals surface area contributed by atoms with Crippen molar-refractivity contribution in [3.8, 4) is 10.4 Å². The zero-order chi connectivity index (χ0) is 12.7. The molecule has 0 atom stereocenters. The number of aliphatic carboxylic acids is 1. The molecule has 1 heterocycles. The summed E-state index contributed by atoms with van der Waals surface area (Å²) in [5, 5.41) is 11.0. The van der Waals surface area contributed by atoms with Gasteiger partial charge < -0.3 is 5.11 Å². The van der Waals surface area contributed by atoms with Crippen LogP contribution in [0.3, 0.4) is 0 Å². The molecule has 1 aromatic heterocycles. The van der Waals surface area contributed by atoms with E-state index < -0.39 is 5.97 Å². The van der Waals surface area contributed by atoms with Gasteiger partial charge in [-0.2, -0.15) is 0 Å². The summed E-state index contributed by atoms with van der Waals surface area (Å²) in [6, 6.07) is 8.33. The van der Waals surface area contributed by atoms with E-state index in [9.17, 15) is 4.79 Å². The lowest BCUT2D eigenvalue weighted by Gasteiger charge is -2.04. The molecule has 1 aliphatic rings. The number of hydrogen-bond donors (Lipinski definition) is 1. The second kappa shape index (κ2) is 4.10. The Morgan fingerprint density at radius 1 is 1.28 bits per heavy atom. The second-order valence-corrected chi connectivity index (χ2v) is 5.21. The van der Waals surface area contributed by atoms with Crippen molar-refractivity contribution in [1.82, 2.24) is 0 Å². The summed E-state index contributed by atoms with van der Waals surface area (Å²) >= 11 is 1.67. The molecule has 2 nitrogen and oxygen atoms in total. The molecule has 0 unspecified atom stereocenters. The number of rotatable bonds is 2. The third kappa shape index (κ3) is 1.59. The van der Waals surface area contributed by atoms with Crippen molar-refractivity contribution >= 4 is 22.9 Å². The van der Waals surface area contributed by atoms with Crippen LogP contribution in [0, 0.1) is 0 Å². The maximum atomic E-state index is 11.0. The Labute approximate surface area is 109 Å². The minimum Gasteiger partial charge on any atom is -0.478 e. The number of carboxylic acid groups (broad SMARTS) is 1. The molecule has 18 heavy (non-hydrogen) atoms. The van der Waals surface area contributed by atoms with Crippen LogP contribution in [-0.2, 0) is 11.2 Å². The molecule has 0 amide bonds. The first-order valence-electron chi connectivity index (χ1n) is 5.87. The Balaban J connectivity index is 2.28. The average molecular weight is 256 g/mol. The van der Waals surface area contributed by atoms with Crippen LogP contribution in [0.5, 0.6) is 0 Å². The van der Waals surface area contributed by atoms with Gasteiger partial charge in [0.1, 0.15) is 0 Å². The number of fused-ring (bicyclic) bond motifs is 3. The van der Waals surface area contributed by atoms with E-state index in [2.05, 4.69) is 25.1 Å². The lowest BCUT2D eigenvalue weighted by atomic mass is 10.0. The lowest BCUT2D eigenvalue weighted by Crippen LogP contribution is -1.92. The molecule has 1 N–H and O–H groups in total. The van der Waals surface area contributed by atoms with E-state index in [0.717, 1.165) is 28.7 Å². The largest absolute Gasteiger partial charge is 0.478 e. The van der Waals surface area contributed by atoms with Crippen LogP contribution in [0.1, 0.15) is 23.6 Å². The normalized spacial score (nSPS) is 14.6. The lowest BCUT2D eigenvalue weighted by molar-refractivity contribution is -0.131. The monoisotopic (exact) mass is 256 g/mol. The van der Waals surface area contributed by atoms with Gasteiger partial charge in [-0.1, -0.05) is 25.1 Å². The maximum absolute atomic E-state index is 11.0.